The average molecular weight is 264 g/mol. The summed E-state index contributed by atoms with van der Waals surface area (Å²) < 4.78 is 0. The van der Waals surface area contributed by atoms with Crippen molar-refractivity contribution in [1.29, 1.82) is 0 Å². The highest BCUT2D eigenvalue weighted by atomic mass is 28.3. The Morgan fingerprint density at radius 2 is 1.00 bits per heavy atom. The Balaban J connectivity index is 1.95. The van der Waals surface area contributed by atoms with Crippen molar-refractivity contribution < 1.29 is 0 Å². The van der Waals surface area contributed by atoms with Gasteiger partial charge in [0.25, 0.3) is 0 Å². The summed E-state index contributed by atoms with van der Waals surface area (Å²) >= 11 is 0. The molecule has 1 aliphatic rings. The first-order valence-electron chi connectivity index (χ1n) is 6.98. The van der Waals surface area contributed by atoms with Gasteiger partial charge in [0.15, 0.2) is 0 Å². The Morgan fingerprint density at radius 1 is 0.632 bits per heavy atom. The Kier molecular flexibility index (Phi) is 3.15. The van der Waals surface area contributed by atoms with Crippen molar-refractivity contribution in [3.8, 4) is 0 Å². The van der Waals surface area contributed by atoms with Gasteiger partial charge in [-0.15, -0.1) is 0 Å². The highest BCUT2D eigenvalue weighted by molar-refractivity contribution is 6.81. The van der Waals surface area contributed by atoms with E-state index in [0.29, 0.717) is 11.1 Å². The molecule has 0 amide bonds. The zero-order valence-electron chi connectivity index (χ0n) is 11.6. The van der Waals surface area contributed by atoms with E-state index in [2.05, 4.69) is 85.9 Å². The van der Waals surface area contributed by atoms with E-state index in [9.17, 15) is 0 Å². The van der Waals surface area contributed by atoms with Crippen LogP contribution in [0, 0.1) is 0 Å². The third-order valence-electron chi connectivity index (χ3n) is 4.42. The second-order valence-corrected chi connectivity index (χ2v) is 10.9. The van der Waals surface area contributed by atoms with Crippen LogP contribution in [0.5, 0.6) is 0 Å². The fraction of sp³-hybridized carbons (Fsp3) is 0.222. The van der Waals surface area contributed by atoms with Crippen molar-refractivity contribution in [3.05, 3.63) is 83.9 Å². The van der Waals surface area contributed by atoms with E-state index in [4.69, 9.17) is 0 Å². The zero-order valence-corrected chi connectivity index (χ0v) is 12.6. The minimum absolute atomic E-state index is 0.638. The smallest absolute Gasteiger partial charge is 0.0714 e. The number of rotatable bonds is 2. The number of benzene rings is 2. The van der Waals surface area contributed by atoms with Crippen LogP contribution >= 0.6 is 0 Å². The summed E-state index contributed by atoms with van der Waals surface area (Å²) in [7, 11) is -1.39. The van der Waals surface area contributed by atoms with Crippen molar-refractivity contribution in [2.75, 3.05) is 0 Å². The molecular weight excluding hydrogens is 244 g/mol. The molecule has 0 radical (unpaired) electrons. The summed E-state index contributed by atoms with van der Waals surface area (Å²) in [6.45, 7) is 5.03. The monoisotopic (exact) mass is 264 g/mol. The number of hydrogen-bond acceptors (Lipinski definition) is 0. The molecule has 2 aromatic rings. The van der Waals surface area contributed by atoms with Crippen molar-refractivity contribution >= 4 is 8.07 Å². The van der Waals surface area contributed by atoms with Gasteiger partial charge in [-0.1, -0.05) is 85.9 Å². The molecule has 1 heteroatoms. The molecule has 0 nitrogen and oxygen atoms in total. The predicted molar refractivity (Wildman–Crippen MR) is 85.0 cm³/mol. The second kappa shape index (κ2) is 4.82. The lowest BCUT2D eigenvalue weighted by Gasteiger charge is -2.32. The van der Waals surface area contributed by atoms with Gasteiger partial charge in [-0.25, -0.2) is 0 Å². The molecule has 0 fully saturated rings. The van der Waals surface area contributed by atoms with Crippen LogP contribution in [-0.2, 0) is 0 Å². The van der Waals surface area contributed by atoms with Crippen LogP contribution in [0.2, 0.25) is 13.1 Å². The van der Waals surface area contributed by atoms with E-state index < -0.39 is 8.07 Å². The summed E-state index contributed by atoms with van der Waals surface area (Å²) in [5.41, 5.74) is 4.24. The Bertz CT molecular complexity index is 518. The van der Waals surface area contributed by atoms with Gasteiger partial charge in [0, 0.05) is 0 Å². The maximum Gasteiger partial charge on any atom is 0.0714 e. The summed E-state index contributed by atoms with van der Waals surface area (Å²) in [5.74, 6) is 0. The molecular formula is C18H20Si. The first-order chi connectivity index (χ1) is 9.19. The molecule has 0 N–H and O–H groups in total. The summed E-state index contributed by atoms with van der Waals surface area (Å²) in [6, 6.07) is 21.9. The maximum atomic E-state index is 2.52. The van der Waals surface area contributed by atoms with Crippen LogP contribution < -0.4 is 0 Å². The highest BCUT2D eigenvalue weighted by Gasteiger charge is 2.42. The molecule has 19 heavy (non-hydrogen) atoms. The quantitative estimate of drug-likeness (QED) is 0.534. The van der Waals surface area contributed by atoms with Crippen LogP contribution in [0.3, 0.4) is 0 Å². The van der Waals surface area contributed by atoms with Gasteiger partial charge in [0.1, 0.15) is 0 Å². The Labute approximate surface area is 116 Å². The van der Waals surface area contributed by atoms with Crippen LogP contribution in [0.25, 0.3) is 0 Å². The van der Waals surface area contributed by atoms with Gasteiger partial charge < -0.3 is 0 Å². The molecule has 2 atom stereocenters. The van der Waals surface area contributed by atoms with Crippen LogP contribution in [-0.4, -0.2) is 8.07 Å². The molecule has 0 aromatic heterocycles. The molecule has 0 saturated heterocycles. The minimum atomic E-state index is -1.39. The molecule has 0 spiro atoms. The fourth-order valence-corrected chi connectivity index (χ4v) is 7.02. The standard InChI is InChI=1S/C18H20Si/c1-19(2)17(15-9-5-3-6-10-15)13-14-18(19)16-11-7-4-8-12-16/h3-14,17-18H,1-2H3. The topological polar surface area (TPSA) is 0 Å². The van der Waals surface area contributed by atoms with Gasteiger partial charge >= 0.3 is 0 Å². The van der Waals surface area contributed by atoms with Gasteiger partial charge in [-0.05, 0) is 22.2 Å². The fourth-order valence-electron chi connectivity index (χ4n) is 3.31. The minimum Gasteiger partial charge on any atom is -0.0834 e. The molecule has 96 valence electrons. The van der Waals surface area contributed by atoms with Gasteiger partial charge in [0.05, 0.1) is 8.07 Å². The lowest BCUT2D eigenvalue weighted by molar-refractivity contribution is 1.09. The maximum absolute atomic E-state index is 2.52. The number of hydrogen-bond donors (Lipinski definition) is 0. The second-order valence-electron chi connectivity index (χ2n) is 5.98. The SMILES string of the molecule is C[Si]1(C)C(c2ccccc2)C=CC1c1ccccc1. The first-order valence-corrected chi connectivity index (χ1v) is 10.1. The van der Waals surface area contributed by atoms with Crippen molar-refractivity contribution in [1.82, 2.24) is 0 Å². The Morgan fingerprint density at radius 3 is 1.37 bits per heavy atom. The van der Waals surface area contributed by atoms with Crippen molar-refractivity contribution in [3.63, 3.8) is 0 Å². The van der Waals surface area contributed by atoms with E-state index in [1.807, 2.05) is 0 Å². The number of allylic oxidation sites excluding steroid dienone is 2. The van der Waals surface area contributed by atoms with E-state index in [-0.39, 0.29) is 0 Å². The molecule has 0 saturated carbocycles. The molecule has 3 rings (SSSR count). The normalized spacial score (nSPS) is 24.5. The van der Waals surface area contributed by atoms with Gasteiger partial charge in [-0.3, -0.25) is 0 Å². The van der Waals surface area contributed by atoms with Crippen molar-refractivity contribution in [2.24, 2.45) is 0 Å². The summed E-state index contributed by atoms with van der Waals surface area (Å²) in [6.07, 6.45) is 4.89. The highest BCUT2D eigenvalue weighted by Crippen LogP contribution is 2.44. The van der Waals surface area contributed by atoms with Crippen LogP contribution in [0.1, 0.15) is 22.2 Å². The summed E-state index contributed by atoms with van der Waals surface area (Å²) in [5, 5.41) is 0. The molecule has 1 heterocycles. The van der Waals surface area contributed by atoms with Crippen LogP contribution in [0.4, 0.5) is 0 Å². The van der Waals surface area contributed by atoms with Gasteiger partial charge in [0.2, 0.25) is 0 Å². The molecule has 2 unspecified atom stereocenters. The lowest BCUT2D eigenvalue weighted by atomic mass is 10.1. The zero-order chi connectivity index (χ0) is 13.3. The predicted octanol–water partition coefficient (Wildman–Crippen LogP) is 4.91. The third kappa shape index (κ3) is 2.19. The molecule has 0 bridgehead atoms. The largest absolute Gasteiger partial charge is 0.0834 e. The third-order valence-corrected chi connectivity index (χ3v) is 8.67. The van der Waals surface area contributed by atoms with Crippen molar-refractivity contribution in [2.45, 2.75) is 24.2 Å². The van der Waals surface area contributed by atoms with E-state index in [1.165, 1.54) is 11.1 Å². The van der Waals surface area contributed by atoms with Gasteiger partial charge in [-0.2, -0.15) is 0 Å². The average Bonchev–Trinajstić information content (AvgIpc) is 2.76. The van der Waals surface area contributed by atoms with Crippen LogP contribution in [0.15, 0.2) is 72.8 Å². The lowest BCUT2D eigenvalue weighted by Crippen LogP contribution is -2.37. The molecule has 0 aliphatic carbocycles. The van der Waals surface area contributed by atoms with E-state index in [1.54, 1.807) is 0 Å². The Hall–Kier alpha value is -1.60. The van der Waals surface area contributed by atoms with E-state index >= 15 is 0 Å². The first kappa shape index (κ1) is 12.4. The van der Waals surface area contributed by atoms with E-state index in [0.717, 1.165) is 0 Å². The molecule has 1 aliphatic heterocycles. The molecule has 2 aromatic carbocycles. The summed E-state index contributed by atoms with van der Waals surface area (Å²) in [4.78, 5) is 0.